The third-order valence-corrected chi connectivity index (χ3v) is 1.26. The molecule has 0 radical (unpaired) electrons. The Labute approximate surface area is 70.7 Å². The second-order valence-electron chi connectivity index (χ2n) is 1.14. The van der Waals surface area contributed by atoms with Crippen LogP contribution in [0.2, 0.25) is 0 Å². The van der Waals surface area contributed by atoms with Gasteiger partial charge in [-0.05, 0) is 26.6 Å². The van der Waals surface area contributed by atoms with Crippen molar-refractivity contribution in [2.24, 2.45) is 0 Å². The summed E-state index contributed by atoms with van der Waals surface area (Å²) in [5, 5.41) is 21.4. The van der Waals surface area contributed by atoms with Gasteiger partial charge in [0.1, 0.15) is 0 Å². The lowest BCUT2D eigenvalue weighted by Gasteiger charge is -1.96. The summed E-state index contributed by atoms with van der Waals surface area (Å²) >= 11 is 2.18. The van der Waals surface area contributed by atoms with Crippen molar-refractivity contribution in [3.05, 3.63) is 0 Å². The largest absolute Gasteiger partial charge is 0.219 e. The zero-order valence-corrected chi connectivity index (χ0v) is 7.15. The average molecular weight is 266 g/mol. The standard InChI is InChI=1S/C3H7IO6/c4-2-1-3-6-8-10-9-7-5/h5H,1-3H2. The molecule has 0 heterocycles. The number of rotatable bonds is 7. The van der Waals surface area contributed by atoms with Gasteiger partial charge in [-0.25, -0.2) is 10.1 Å². The third kappa shape index (κ3) is 8.49. The highest BCUT2D eigenvalue weighted by Crippen LogP contribution is 1.90. The molecule has 0 aromatic carbocycles. The second kappa shape index (κ2) is 9.49. The Morgan fingerprint density at radius 1 is 1.20 bits per heavy atom. The van der Waals surface area contributed by atoms with E-state index in [1.807, 2.05) is 0 Å². The Morgan fingerprint density at radius 3 is 2.60 bits per heavy atom. The van der Waals surface area contributed by atoms with Crippen molar-refractivity contribution in [1.82, 2.24) is 0 Å². The summed E-state index contributed by atoms with van der Waals surface area (Å²) in [6.45, 7) is 0.387. The van der Waals surface area contributed by atoms with Gasteiger partial charge < -0.3 is 0 Å². The molecule has 62 valence electrons. The first-order valence-electron chi connectivity index (χ1n) is 2.41. The van der Waals surface area contributed by atoms with Crippen molar-refractivity contribution < 1.29 is 30.3 Å². The Balaban J connectivity index is 2.65. The van der Waals surface area contributed by atoms with Crippen LogP contribution in [0.25, 0.3) is 0 Å². The van der Waals surface area contributed by atoms with E-state index in [9.17, 15) is 0 Å². The molecule has 0 spiro atoms. The fourth-order valence-electron chi connectivity index (χ4n) is 0.191. The van der Waals surface area contributed by atoms with Crippen LogP contribution >= 0.6 is 22.6 Å². The minimum absolute atomic E-state index is 0.387. The van der Waals surface area contributed by atoms with Gasteiger partial charge in [0.2, 0.25) is 0 Å². The van der Waals surface area contributed by atoms with Gasteiger partial charge >= 0.3 is 0 Å². The SMILES string of the molecule is OOOOOOCCCI. The van der Waals surface area contributed by atoms with Crippen LogP contribution < -0.4 is 0 Å². The number of alkyl halides is 1. The molecule has 0 saturated heterocycles. The number of hydrogen-bond donors (Lipinski definition) is 1. The lowest BCUT2D eigenvalue weighted by Crippen LogP contribution is -1.99. The molecular weight excluding hydrogens is 259 g/mol. The van der Waals surface area contributed by atoms with E-state index in [1.165, 1.54) is 0 Å². The van der Waals surface area contributed by atoms with Crippen LogP contribution in [0.5, 0.6) is 0 Å². The molecule has 1 N–H and O–H groups in total. The third-order valence-electron chi connectivity index (χ3n) is 0.495. The lowest BCUT2D eigenvalue weighted by molar-refractivity contribution is -0.753. The predicted octanol–water partition coefficient (Wildman–Crippen LogP) is 1.03. The first-order chi connectivity index (χ1) is 4.91. The summed E-state index contributed by atoms with van der Waals surface area (Å²) in [5.74, 6) is 0. The molecule has 10 heavy (non-hydrogen) atoms. The average Bonchev–Trinajstić information content (AvgIpc) is 1.97. The highest BCUT2D eigenvalue weighted by Gasteiger charge is 1.89. The molecule has 6 nitrogen and oxygen atoms in total. The Morgan fingerprint density at radius 2 is 2.00 bits per heavy atom. The molecule has 0 unspecified atom stereocenters. The lowest BCUT2D eigenvalue weighted by atomic mass is 10.5. The summed E-state index contributed by atoms with van der Waals surface area (Å²) < 4.78 is 0.957. The molecule has 7 heteroatoms. The molecule has 0 amide bonds. The van der Waals surface area contributed by atoms with Gasteiger partial charge in [0.15, 0.2) is 0 Å². The zero-order valence-electron chi connectivity index (χ0n) is 4.99. The zero-order chi connectivity index (χ0) is 7.66. The molecular formula is C3H7IO6. The van der Waals surface area contributed by atoms with E-state index in [2.05, 4.69) is 47.6 Å². The number of halogens is 1. The van der Waals surface area contributed by atoms with Crippen LogP contribution in [0, 0.1) is 0 Å². The quantitative estimate of drug-likeness (QED) is 0.244. The van der Waals surface area contributed by atoms with Crippen LogP contribution in [-0.2, 0) is 25.0 Å². The number of hydrogen-bond acceptors (Lipinski definition) is 6. The van der Waals surface area contributed by atoms with Gasteiger partial charge in [-0.15, -0.1) is 0 Å². The van der Waals surface area contributed by atoms with Gasteiger partial charge in [0.25, 0.3) is 0 Å². The van der Waals surface area contributed by atoms with E-state index in [1.54, 1.807) is 0 Å². The Bertz CT molecular complexity index is 53.0. The molecule has 0 rings (SSSR count). The van der Waals surface area contributed by atoms with Gasteiger partial charge in [0.05, 0.1) is 6.61 Å². The smallest absolute Gasteiger partial charge is 0.0862 e. The van der Waals surface area contributed by atoms with E-state index in [-0.39, 0.29) is 0 Å². The van der Waals surface area contributed by atoms with Crippen LogP contribution in [0.3, 0.4) is 0 Å². The van der Waals surface area contributed by atoms with E-state index >= 15 is 0 Å². The van der Waals surface area contributed by atoms with Gasteiger partial charge in [0, 0.05) is 4.43 Å². The fourth-order valence-corrected chi connectivity index (χ4v) is 0.502. The van der Waals surface area contributed by atoms with Crippen LogP contribution in [0.4, 0.5) is 0 Å². The highest BCUT2D eigenvalue weighted by molar-refractivity contribution is 14.1. The van der Waals surface area contributed by atoms with Crippen LogP contribution in [0.15, 0.2) is 0 Å². The van der Waals surface area contributed by atoms with Crippen molar-refractivity contribution >= 4 is 22.6 Å². The highest BCUT2D eigenvalue weighted by atomic mass is 127. The van der Waals surface area contributed by atoms with Crippen molar-refractivity contribution in [2.75, 3.05) is 11.0 Å². The first kappa shape index (κ1) is 10.5. The monoisotopic (exact) mass is 266 g/mol. The normalized spacial score (nSPS) is 10.2. The second-order valence-corrected chi connectivity index (χ2v) is 2.22. The van der Waals surface area contributed by atoms with Gasteiger partial charge in [-0.1, -0.05) is 22.6 Å². The topological polar surface area (TPSA) is 66.4 Å². The van der Waals surface area contributed by atoms with E-state index in [0.29, 0.717) is 6.61 Å². The molecule has 0 aromatic rings. The minimum atomic E-state index is 0.387. The van der Waals surface area contributed by atoms with Gasteiger partial charge in [-0.2, -0.15) is 0 Å². The minimum Gasteiger partial charge on any atom is -0.219 e. The summed E-state index contributed by atoms with van der Waals surface area (Å²) in [6.07, 6.45) is 0.837. The maximum absolute atomic E-state index is 7.48. The van der Waals surface area contributed by atoms with E-state index in [4.69, 9.17) is 5.26 Å². The first-order valence-corrected chi connectivity index (χ1v) is 3.93. The summed E-state index contributed by atoms with van der Waals surface area (Å²) in [6, 6.07) is 0. The molecule has 0 aliphatic rings. The van der Waals surface area contributed by atoms with Crippen molar-refractivity contribution in [3.8, 4) is 0 Å². The fraction of sp³-hybridized carbons (Fsp3) is 1.00. The van der Waals surface area contributed by atoms with Crippen LogP contribution in [0.1, 0.15) is 6.42 Å². The van der Waals surface area contributed by atoms with Crippen molar-refractivity contribution in [1.29, 1.82) is 0 Å². The summed E-state index contributed by atoms with van der Waals surface area (Å²) in [4.78, 5) is 4.33. The summed E-state index contributed by atoms with van der Waals surface area (Å²) in [5.41, 5.74) is 0. The maximum atomic E-state index is 7.48. The molecule has 0 aliphatic carbocycles. The molecule has 0 saturated carbocycles. The molecule has 0 atom stereocenters. The van der Waals surface area contributed by atoms with Crippen molar-refractivity contribution in [2.45, 2.75) is 6.42 Å². The van der Waals surface area contributed by atoms with Crippen LogP contribution in [-0.4, -0.2) is 16.3 Å². The molecule has 0 aliphatic heterocycles. The Hall–Kier alpha value is 0.490. The van der Waals surface area contributed by atoms with E-state index in [0.717, 1.165) is 10.8 Å². The molecule has 0 bridgehead atoms. The van der Waals surface area contributed by atoms with Crippen molar-refractivity contribution in [3.63, 3.8) is 0 Å². The van der Waals surface area contributed by atoms with E-state index < -0.39 is 0 Å². The molecule has 0 aromatic heterocycles. The predicted molar refractivity (Wildman–Crippen MR) is 36.4 cm³/mol. The maximum Gasteiger partial charge on any atom is 0.0862 e. The Kier molecular flexibility index (Phi) is 9.96. The van der Waals surface area contributed by atoms with Gasteiger partial charge in [-0.3, -0.25) is 0 Å². The molecule has 0 fully saturated rings. The summed E-state index contributed by atoms with van der Waals surface area (Å²) in [7, 11) is 0.